The smallest absolute Gasteiger partial charge is 0.313 e. The zero-order chi connectivity index (χ0) is 18.1. The van der Waals surface area contributed by atoms with Gasteiger partial charge in [-0.1, -0.05) is 18.2 Å². The fourth-order valence-electron chi connectivity index (χ4n) is 2.10. The largest absolute Gasteiger partial charge is 0.394 e. The molecule has 0 aliphatic rings. The number of ether oxygens (including phenoxy) is 1. The van der Waals surface area contributed by atoms with Crippen molar-refractivity contribution in [2.75, 3.05) is 31.3 Å². The van der Waals surface area contributed by atoms with Gasteiger partial charge in [-0.3, -0.25) is 9.59 Å². The van der Waals surface area contributed by atoms with Crippen molar-refractivity contribution in [3.8, 4) is 0 Å². The highest BCUT2D eigenvalue weighted by Crippen LogP contribution is 2.24. The molecule has 2 aromatic rings. The summed E-state index contributed by atoms with van der Waals surface area (Å²) in [6.07, 6.45) is 1.50. The number of carbonyl (C=O) groups excluding carboxylic acids is 2. The Morgan fingerprint density at radius 2 is 2.04 bits per heavy atom. The Kier molecular flexibility index (Phi) is 7.93. The molecule has 0 unspecified atom stereocenters. The highest BCUT2D eigenvalue weighted by Gasteiger charge is 2.19. The SMILES string of the molecule is CSc1ccccc1NC(=O)C(=O)NC[C@H](OCCO)c1cccs1. The molecule has 25 heavy (non-hydrogen) atoms. The van der Waals surface area contributed by atoms with Crippen molar-refractivity contribution in [1.82, 2.24) is 5.32 Å². The topological polar surface area (TPSA) is 87.7 Å². The number of benzene rings is 1. The maximum Gasteiger partial charge on any atom is 0.313 e. The Bertz CT molecular complexity index is 692. The second-order valence-corrected chi connectivity index (χ2v) is 6.79. The van der Waals surface area contributed by atoms with E-state index in [1.54, 1.807) is 12.1 Å². The molecule has 0 bridgehead atoms. The number of para-hydroxylation sites is 1. The van der Waals surface area contributed by atoms with E-state index in [1.807, 2.05) is 35.9 Å². The summed E-state index contributed by atoms with van der Waals surface area (Å²) in [5, 5.41) is 16.0. The normalized spacial score (nSPS) is 11.8. The minimum atomic E-state index is -0.731. The molecule has 1 aromatic heterocycles. The molecule has 0 fully saturated rings. The monoisotopic (exact) mass is 380 g/mol. The van der Waals surface area contributed by atoms with Crippen LogP contribution in [0.3, 0.4) is 0 Å². The van der Waals surface area contributed by atoms with E-state index in [1.165, 1.54) is 23.1 Å². The second-order valence-electron chi connectivity index (χ2n) is 4.96. The molecule has 1 heterocycles. The quantitative estimate of drug-likeness (QED) is 0.483. The van der Waals surface area contributed by atoms with Gasteiger partial charge in [0.15, 0.2) is 0 Å². The first-order valence-electron chi connectivity index (χ1n) is 7.63. The van der Waals surface area contributed by atoms with Gasteiger partial charge in [-0.15, -0.1) is 23.1 Å². The number of carbonyl (C=O) groups is 2. The summed E-state index contributed by atoms with van der Waals surface area (Å²) < 4.78 is 5.53. The zero-order valence-electron chi connectivity index (χ0n) is 13.7. The average molecular weight is 380 g/mol. The van der Waals surface area contributed by atoms with Gasteiger partial charge in [0.2, 0.25) is 0 Å². The maximum absolute atomic E-state index is 12.1. The third kappa shape index (κ3) is 5.86. The molecule has 3 N–H and O–H groups in total. The Hall–Kier alpha value is -1.87. The van der Waals surface area contributed by atoms with Gasteiger partial charge in [0.05, 0.1) is 18.9 Å². The van der Waals surface area contributed by atoms with Gasteiger partial charge in [-0.05, 0) is 29.8 Å². The molecule has 0 saturated carbocycles. The first-order chi connectivity index (χ1) is 12.2. The fraction of sp³-hybridized carbons (Fsp3) is 0.294. The molecular weight excluding hydrogens is 360 g/mol. The lowest BCUT2D eigenvalue weighted by Crippen LogP contribution is -2.38. The molecule has 0 spiro atoms. The van der Waals surface area contributed by atoms with Crippen molar-refractivity contribution in [1.29, 1.82) is 0 Å². The maximum atomic E-state index is 12.1. The Balaban J connectivity index is 1.92. The number of rotatable bonds is 8. The summed E-state index contributed by atoms with van der Waals surface area (Å²) in [4.78, 5) is 25.9. The number of thioether (sulfide) groups is 1. The first-order valence-corrected chi connectivity index (χ1v) is 9.74. The van der Waals surface area contributed by atoms with E-state index >= 15 is 0 Å². The van der Waals surface area contributed by atoms with Gasteiger partial charge in [-0.25, -0.2) is 0 Å². The first kappa shape index (κ1) is 19.5. The number of aliphatic hydroxyl groups is 1. The van der Waals surface area contributed by atoms with E-state index < -0.39 is 17.9 Å². The molecule has 6 nitrogen and oxygen atoms in total. The highest BCUT2D eigenvalue weighted by molar-refractivity contribution is 7.98. The number of amides is 2. The molecule has 134 valence electrons. The number of hydrogen-bond donors (Lipinski definition) is 3. The van der Waals surface area contributed by atoms with Crippen molar-refractivity contribution in [2.45, 2.75) is 11.0 Å². The lowest BCUT2D eigenvalue weighted by atomic mass is 10.3. The third-order valence-corrected chi connectivity index (χ3v) is 5.04. The van der Waals surface area contributed by atoms with Crippen molar-refractivity contribution in [2.24, 2.45) is 0 Å². The lowest BCUT2D eigenvalue weighted by molar-refractivity contribution is -0.136. The molecule has 0 aliphatic carbocycles. The molecule has 0 radical (unpaired) electrons. The highest BCUT2D eigenvalue weighted by atomic mass is 32.2. The summed E-state index contributed by atoms with van der Waals surface area (Å²) in [6.45, 7) is 0.199. The minimum absolute atomic E-state index is 0.109. The number of hydrogen-bond acceptors (Lipinski definition) is 6. The lowest BCUT2D eigenvalue weighted by Gasteiger charge is -2.17. The predicted octanol–water partition coefficient (Wildman–Crippen LogP) is 2.27. The predicted molar refractivity (Wildman–Crippen MR) is 100.0 cm³/mol. The molecule has 1 aromatic carbocycles. The Morgan fingerprint density at radius 1 is 1.24 bits per heavy atom. The number of nitrogens with one attached hydrogen (secondary N) is 2. The van der Waals surface area contributed by atoms with E-state index in [4.69, 9.17) is 9.84 Å². The summed E-state index contributed by atoms with van der Waals surface area (Å²) >= 11 is 2.97. The standard InChI is InChI=1S/C17H20N2O4S2/c1-24-14-6-3-2-5-12(14)19-17(22)16(21)18-11-13(23-9-8-20)15-7-4-10-25-15/h2-7,10,13,20H,8-9,11H2,1H3,(H,18,21)(H,19,22)/t13-/m0/s1. The number of thiophene rings is 1. The van der Waals surface area contributed by atoms with Gasteiger partial charge >= 0.3 is 11.8 Å². The van der Waals surface area contributed by atoms with Crippen LogP contribution in [0.15, 0.2) is 46.7 Å². The molecular formula is C17H20N2O4S2. The molecule has 2 rings (SSSR count). The third-order valence-electron chi connectivity index (χ3n) is 3.28. The zero-order valence-corrected chi connectivity index (χ0v) is 15.4. The van der Waals surface area contributed by atoms with E-state index in [0.29, 0.717) is 5.69 Å². The minimum Gasteiger partial charge on any atom is -0.394 e. The molecule has 1 atom stereocenters. The van der Waals surface area contributed by atoms with Gasteiger partial charge in [-0.2, -0.15) is 0 Å². The van der Waals surface area contributed by atoms with Crippen LogP contribution in [0.1, 0.15) is 11.0 Å². The van der Waals surface area contributed by atoms with Gasteiger partial charge in [0.1, 0.15) is 6.10 Å². The molecule has 0 saturated heterocycles. The van der Waals surface area contributed by atoms with Crippen LogP contribution in [-0.4, -0.2) is 42.9 Å². The number of aliphatic hydroxyl groups excluding tert-OH is 1. The molecule has 2 amide bonds. The van der Waals surface area contributed by atoms with Gasteiger partial charge < -0.3 is 20.5 Å². The summed E-state index contributed by atoms with van der Waals surface area (Å²) in [5.74, 6) is -1.46. The van der Waals surface area contributed by atoms with Crippen LogP contribution in [0, 0.1) is 0 Å². The van der Waals surface area contributed by atoms with E-state index in [2.05, 4.69) is 10.6 Å². The van der Waals surface area contributed by atoms with Crippen LogP contribution in [0.25, 0.3) is 0 Å². The van der Waals surface area contributed by atoms with Crippen LogP contribution < -0.4 is 10.6 Å². The van der Waals surface area contributed by atoms with Crippen molar-refractivity contribution >= 4 is 40.6 Å². The van der Waals surface area contributed by atoms with Crippen molar-refractivity contribution in [3.05, 3.63) is 46.7 Å². The van der Waals surface area contributed by atoms with Gasteiger partial charge in [0, 0.05) is 16.3 Å². The van der Waals surface area contributed by atoms with Crippen molar-refractivity contribution < 1.29 is 19.4 Å². The van der Waals surface area contributed by atoms with Crippen molar-refractivity contribution in [3.63, 3.8) is 0 Å². The van der Waals surface area contributed by atoms with Crippen LogP contribution in [0.2, 0.25) is 0 Å². The summed E-state index contributed by atoms with van der Waals surface area (Å²) in [7, 11) is 0. The Morgan fingerprint density at radius 3 is 2.72 bits per heavy atom. The van der Waals surface area contributed by atoms with Crippen LogP contribution in [-0.2, 0) is 14.3 Å². The summed E-state index contributed by atoms with van der Waals surface area (Å²) in [5.41, 5.74) is 0.599. The Labute approximate surface area is 154 Å². The van der Waals surface area contributed by atoms with E-state index in [-0.39, 0.29) is 19.8 Å². The van der Waals surface area contributed by atoms with Crippen LogP contribution >= 0.6 is 23.1 Å². The van der Waals surface area contributed by atoms with Crippen LogP contribution in [0.4, 0.5) is 5.69 Å². The van der Waals surface area contributed by atoms with Gasteiger partial charge in [0.25, 0.3) is 0 Å². The second kappa shape index (κ2) is 10.2. The molecule has 8 heteroatoms. The fourth-order valence-corrected chi connectivity index (χ4v) is 3.43. The van der Waals surface area contributed by atoms with E-state index in [0.717, 1.165) is 9.77 Å². The summed E-state index contributed by atoms with van der Waals surface area (Å²) in [6, 6.07) is 11.0. The average Bonchev–Trinajstić information content (AvgIpc) is 3.16. The number of anilines is 1. The van der Waals surface area contributed by atoms with Crippen LogP contribution in [0.5, 0.6) is 0 Å². The molecule has 0 aliphatic heterocycles. The van der Waals surface area contributed by atoms with E-state index in [9.17, 15) is 9.59 Å².